The normalized spacial score (nSPS) is 37.5. The van der Waals surface area contributed by atoms with Crippen molar-refractivity contribution in [1.29, 1.82) is 0 Å². The van der Waals surface area contributed by atoms with Crippen molar-refractivity contribution in [3.8, 4) is 0 Å². The molecule has 0 bridgehead atoms. The molecule has 72 valence electrons. The van der Waals surface area contributed by atoms with E-state index >= 15 is 0 Å². The van der Waals surface area contributed by atoms with Crippen molar-refractivity contribution in [2.45, 2.75) is 25.0 Å². The van der Waals surface area contributed by atoms with Crippen LogP contribution in [0.2, 0.25) is 0 Å². The first-order chi connectivity index (χ1) is 5.62. The van der Waals surface area contributed by atoms with Crippen LogP contribution in [0.1, 0.15) is 13.3 Å². The van der Waals surface area contributed by atoms with Gasteiger partial charge in [-0.15, -0.1) is 0 Å². The van der Waals surface area contributed by atoms with Gasteiger partial charge in [0.05, 0.1) is 12.7 Å². The number of hydrogen-bond acceptors (Lipinski definition) is 3. The van der Waals surface area contributed by atoms with E-state index in [1.54, 1.807) is 4.90 Å². The van der Waals surface area contributed by atoms with Crippen LogP contribution in [-0.2, 0) is 0 Å². The highest BCUT2D eigenvalue weighted by Gasteiger charge is 2.40. The Balaban J connectivity index is 2.58. The molecule has 0 aromatic carbocycles. The van der Waals surface area contributed by atoms with Crippen LogP contribution >= 0.6 is 0 Å². The number of aliphatic hydroxyl groups is 2. The van der Waals surface area contributed by atoms with Crippen LogP contribution in [0, 0.1) is 0 Å². The third kappa shape index (κ3) is 1.76. The van der Waals surface area contributed by atoms with Crippen molar-refractivity contribution in [3.63, 3.8) is 0 Å². The Kier molecular flexibility index (Phi) is 3.04. The van der Waals surface area contributed by atoms with E-state index in [9.17, 15) is 9.50 Å². The second kappa shape index (κ2) is 3.68. The molecule has 1 fully saturated rings. The smallest absolute Gasteiger partial charge is 0.102 e. The van der Waals surface area contributed by atoms with E-state index in [0.717, 1.165) is 0 Å². The minimum atomic E-state index is -0.428. The van der Waals surface area contributed by atoms with Crippen molar-refractivity contribution < 1.29 is 14.6 Å². The number of halogens is 1. The average molecular weight is 177 g/mol. The maximum absolute atomic E-state index is 12.0. The van der Waals surface area contributed by atoms with Crippen molar-refractivity contribution in [1.82, 2.24) is 4.90 Å². The summed E-state index contributed by atoms with van der Waals surface area (Å²) in [5, 5.41) is 18.4. The largest absolute Gasteiger partial charge is 0.394 e. The van der Waals surface area contributed by atoms with Gasteiger partial charge in [-0.2, -0.15) is 0 Å². The van der Waals surface area contributed by atoms with Gasteiger partial charge in [-0.3, -0.25) is 4.90 Å². The van der Waals surface area contributed by atoms with Gasteiger partial charge in [-0.1, -0.05) is 0 Å². The van der Waals surface area contributed by atoms with Gasteiger partial charge in [0.1, 0.15) is 6.67 Å². The van der Waals surface area contributed by atoms with Crippen LogP contribution in [0.25, 0.3) is 0 Å². The molecule has 1 aliphatic rings. The molecular formula is C8H16FNO2. The molecule has 0 aromatic rings. The molecule has 2 atom stereocenters. The van der Waals surface area contributed by atoms with Crippen molar-refractivity contribution in [2.75, 3.05) is 26.4 Å². The number of aliphatic hydroxyl groups excluding tert-OH is 2. The lowest BCUT2D eigenvalue weighted by Gasteiger charge is -2.32. The highest BCUT2D eigenvalue weighted by molar-refractivity contribution is 4.95. The summed E-state index contributed by atoms with van der Waals surface area (Å²) < 4.78 is 12.0. The molecular weight excluding hydrogens is 161 g/mol. The average Bonchev–Trinajstić information content (AvgIpc) is 2.29. The van der Waals surface area contributed by atoms with E-state index in [4.69, 9.17) is 5.11 Å². The number of nitrogens with zero attached hydrogens (tertiary/aromatic N) is 1. The second-order valence-corrected chi connectivity index (χ2v) is 3.65. The molecule has 1 heterocycles. The summed E-state index contributed by atoms with van der Waals surface area (Å²) in [5.74, 6) is 0. The van der Waals surface area contributed by atoms with E-state index < -0.39 is 18.3 Å². The van der Waals surface area contributed by atoms with Gasteiger partial charge in [-0.25, -0.2) is 4.39 Å². The zero-order valence-electron chi connectivity index (χ0n) is 7.33. The maximum atomic E-state index is 12.0. The topological polar surface area (TPSA) is 43.7 Å². The van der Waals surface area contributed by atoms with Crippen LogP contribution in [0.5, 0.6) is 0 Å². The molecule has 4 heteroatoms. The first kappa shape index (κ1) is 9.89. The summed E-state index contributed by atoms with van der Waals surface area (Å²) in [5.41, 5.74) is -0.425. The highest BCUT2D eigenvalue weighted by atomic mass is 19.1. The quantitative estimate of drug-likeness (QED) is 0.626. The van der Waals surface area contributed by atoms with Crippen molar-refractivity contribution >= 4 is 0 Å². The van der Waals surface area contributed by atoms with Gasteiger partial charge >= 0.3 is 0 Å². The molecule has 3 nitrogen and oxygen atoms in total. The number of β-amino-alcohol motifs (C(OH)–C–C–N with tert-alkyl or cyclic N) is 1. The summed E-state index contributed by atoms with van der Waals surface area (Å²) >= 11 is 0. The minimum Gasteiger partial charge on any atom is -0.394 e. The summed E-state index contributed by atoms with van der Waals surface area (Å²) in [6.45, 7) is 2.17. The predicted octanol–water partition coefficient (Wildman–Crippen LogP) is -0.227. The summed E-state index contributed by atoms with van der Waals surface area (Å²) in [6.07, 6.45) is 0.109. The molecule has 0 spiro atoms. The Morgan fingerprint density at radius 3 is 2.83 bits per heavy atom. The zero-order chi connectivity index (χ0) is 9.19. The van der Waals surface area contributed by atoms with Gasteiger partial charge in [0.15, 0.2) is 0 Å². The van der Waals surface area contributed by atoms with Crippen LogP contribution < -0.4 is 0 Å². The fraction of sp³-hybridized carbons (Fsp3) is 1.00. The molecule has 0 radical (unpaired) electrons. The van der Waals surface area contributed by atoms with E-state index in [-0.39, 0.29) is 6.61 Å². The Labute approximate surface area is 71.8 Å². The lowest BCUT2D eigenvalue weighted by Crippen LogP contribution is -2.45. The van der Waals surface area contributed by atoms with E-state index in [0.29, 0.717) is 19.5 Å². The summed E-state index contributed by atoms with van der Waals surface area (Å²) in [6, 6.07) is 0. The van der Waals surface area contributed by atoms with Crippen LogP contribution in [0.3, 0.4) is 0 Å². The van der Waals surface area contributed by atoms with Crippen molar-refractivity contribution in [2.24, 2.45) is 0 Å². The Bertz CT molecular complexity index is 156. The standard InChI is InChI=1S/C8H16FNO2/c1-8(6-11)4-7(12)5-10(8)3-2-9/h7,11-12H,2-6H2,1H3. The predicted molar refractivity (Wildman–Crippen MR) is 43.7 cm³/mol. The van der Waals surface area contributed by atoms with Gasteiger partial charge < -0.3 is 10.2 Å². The fourth-order valence-electron chi connectivity index (χ4n) is 1.80. The van der Waals surface area contributed by atoms with E-state index in [1.165, 1.54) is 0 Å². The minimum absolute atomic E-state index is 0.0237. The molecule has 0 aliphatic carbocycles. The Morgan fingerprint density at radius 1 is 1.67 bits per heavy atom. The third-order valence-electron chi connectivity index (χ3n) is 2.57. The molecule has 0 saturated carbocycles. The van der Waals surface area contributed by atoms with Gasteiger partial charge in [0, 0.05) is 18.6 Å². The number of alkyl halides is 1. The Morgan fingerprint density at radius 2 is 2.33 bits per heavy atom. The molecule has 12 heavy (non-hydrogen) atoms. The highest BCUT2D eigenvalue weighted by Crippen LogP contribution is 2.28. The molecule has 2 unspecified atom stereocenters. The SMILES string of the molecule is CC1(CO)CC(O)CN1CCF. The number of hydrogen-bond donors (Lipinski definition) is 2. The lowest BCUT2D eigenvalue weighted by atomic mass is 10.00. The van der Waals surface area contributed by atoms with Crippen LogP contribution in [0.15, 0.2) is 0 Å². The fourth-order valence-corrected chi connectivity index (χ4v) is 1.80. The zero-order valence-corrected chi connectivity index (χ0v) is 7.33. The molecule has 0 amide bonds. The van der Waals surface area contributed by atoms with Crippen molar-refractivity contribution in [3.05, 3.63) is 0 Å². The summed E-state index contributed by atoms with van der Waals surface area (Å²) in [7, 11) is 0. The van der Waals surface area contributed by atoms with Gasteiger partial charge in [0.2, 0.25) is 0 Å². The summed E-state index contributed by atoms with van der Waals surface area (Å²) in [4.78, 5) is 1.80. The number of rotatable bonds is 3. The third-order valence-corrected chi connectivity index (χ3v) is 2.57. The maximum Gasteiger partial charge on any atom is 0.102 e. The molecule has 1 aliphatic heterocycles. The van der Waals surface area contributed by atoms with E-state index in [2.05, 4.69) is 0 Å². The monoisotopic (exact) mass is 177 g/mol. The molecule has 1 saturated heterocycles. The lowest BCUT2D eigenvalue weighted by molar-refractivity contribution is 0.0743. The number of likely N-dealkylation sites (tertiary alicyclic amines) is 1. The van der Waals surface area contributed by atoms with Crippen LogP contribution in [0.4, 0.5) is 4.39 Å². The molecule has 0 aromatic heterocycles. The first-order valence-electron chi connectivity index (χ1n) is 4.22. The second-order valence-electron chi connectivity index (χ2n) is 3.65. The van der Waals surface area contributed by atoms with Gasteiger partial charge in [0.25, 0.3) is 0 Å². The van der Waals surface area contributed by atoms with Gasteiger partial charge in [-0.05, 0) is 13.3 Å². The van der Waals surface area contributed by atoms with E-state index in [1.807, 2.05) is 6.92 Å². The molecule has 2 N–H and O–H groups in total. The molecule has 1 rings (SSSR count). The first-order valence-corrected chi connectivity index (χ1v) is 4.22. The Hall–Kier alpha value is -0.190. The van der Waals surface area contributed by atoms with Crippen LogP contribution in [-0.4, -0.2) is 53.1 Å².